The molecule has 9 heteroatoms. The topological polar surface area (TPSA) is 118 Å². The SMILES string of the molecule is Cc1ccc(C(=O)NCCNc2ccc([N+](=O)[O-])cc2S(C)(=O)=O)cc1. The lowest BCUT2D eigenvalue weighted by atomic mass is 10.1. The summed E-state index contributed by atoms with van der Waals surface area (Å²) in [7, 11) is -3.64. The Balaban J connectivity index is 2.00. The molecule has 8 nitrogen and oxygen atoms in total. The Morgan fingerprint density at radius 3 is 2.35 bits per heavy atom. The first-order valence-electron chi connectivity index (χ1n) is 7.76. The van der Waals surface area contributed by atoms with Crippen LogP contribution in [-0.4, -0.2) is 38.6 Å². The maximum absolute atomic E-state index is 12.0. The van der Waals surface area contributed by atoms with Gasteiger partial charge in [-0.05, 0) is 25.1 Å². The van der Waals surface area contributed by atoms with Gasteiger partial charge < -0.3 is 10.6 Å². The summed E-state index contributed by atoms with van der Waals surface area (Å²) >= 11 is 0. The van der Waals surface area contributed by atoms with Gasteiger partial charge in [-0.25, -0.2) is 8.42 Å². The molecule has 0 fully saturated rings. The van der Waals surface area contributed by atoms with E-state index in [-0.39, 0.29) is 35.3 Å². The number of carbonyl (C=O) groups excluding carboxylic acids is 1. The Morgan fingerprint density at radius 1 is 1.12 bits per heavy atom. The molecule has 138 valence electrons. The first-order chi connectivity index (χ1) is 12.2. The van der Waals surface area contributed by atoms with Gasteiger partial charge in [0.25, 0.3) is 11.6 Å². The van der Waals surface area contributed by atoms with Gasteiger partial charge in [0, 0.05) is 37.0 Å². The number of benzene rings is 2. The summed E-state index contributed by atoms with van der Waals surface area (Å²) < 4.78 is 23.7. The third-order valence-corrected chi connectivity index (χ3v) is 4.75. The van der Waals surface area contributed by atoms with Crippen molar-refractivity contribution in [1.29, 1.82) is 0 Å². The molecule has 0 saturated heterocycles. The lowest BCUT2D eigenvalue weighted by Crippen LogP contribution is -2.29. The number of nitro benzene ring substituents is 1. The van der Waals surface area contributed by atoms with Crippen molar-refractivity contribution in [2.75, 3.05) is 24.7 Å². The average molecular weight is 377 g/mol. The molecule has 0 radical (unpaired) electrons. The van der Waals surface area contributed by atoms with Crippen molar-refractivity contribution in [2.24, 2.45) is 0 Å². The number of anilines is 1. The van der Waals surface area contributed by atoms with Crippen LogP contribution in [0.25, 0.3) is 0 Å². The molecule has 1 amide bonds. The molecule has 0 atom stereocenters. The molecule has 0 aromatic heterocycles. The van der Waals surface area contributed by atoms with E-state index in [1.54, 1.807) is 12.1 Å². The molecule has 2 aromatic rings. The minimum atomic E-state index is -3.64. The second kappa shape index (κ2) is 7.96. The lowest BCUT2D eigenvalue weighted by molar-refractivity contribution is -0.385. The van der Waals surface area contributed by atoms with Crippen LogP contribution in [0.4, 0.5) is 11.4 Å². The minimum absolute atomic E-state index is 0.156. The largest absolute Gasteiger partial charge is 0.382 e. The Bertz CT molecular complexity index is 924. The Hall–Kier alpha value is -2.94. The molecule has 26 heavy (non-hydrogen) atoms. The molecular weight excluding hydrogens is 358 g/mol. The summed E-state index contributed by atoms with van der Waals surface area (Å²) in [4.78, 5) is 22.0. The first kappa shape index (κ1) is 19.4. The van der Waals surface area contributed by atoms with Crippen LogP contribution in [0.3, 0.4) is 0 Å². The van der Waals surface area contributed by atoms with E-state index < -0.39 is 14.8 Å². The molecular formula is C17H19N3O5S. The maximum Gasteiger partial charge on any atom is 0.270 e. The fourth-order valence-electron chi connectivity index (χ4n) is 2.26. The molecule has 0 saturated carbocycles. The smallest absolute Gasteiger partial charge is 0.270 e. The number of amides is 1. The number of carbonyl (C=O) groups is 1. The second-order valence-corrected chi connectivity index (χ2v) is 7.74. The van der Waals surface area contributed by atoms with Crippen molar-refractivity contribution in [3.05, 3.63) is 63.7 Å². The average Bonchev–Trinajstić information content (AvgIpc) is 2.58. The van der Waals surface area contributed by atoms with Crippen LogP contribution < -0.4 is 10.6 Å². The number of nitrogens with zero attached hydrogens (tertiary/aromatic N) is 1. The molecule has 0 spiro atoms. The van der Waals surface area contributed by atoms with Gasteiger partial charge in [-0.2, -0.15) is 0 Å². The lowest BCUT2D eigenvalue weighted by Gasteiger charge is -2.11. The molecule has 0 aliphatic rings. The number of sulfone groups is 1. The van der Waals surface area contributed by atoms with Crippen molar-refractivity contribution in [2.45, 2.75) is 11.8 Å². The van der Waals surface area contributed by atoms with Crippen molar-refractivity contribution >= 4 is 27.1 Å². The summed E-state index contributed by atoms with van der Waals surface area (Å²) in [6.07, 6.45) is 0.983. The van der Waals surface area contributed by atoms with Crippen LogP contribution in [0.1, 0.15) is 15.9 Å². The minimum Gasteiger partial charge on any atom is -0.382 e. The monoisotopic (exact) mass is 377 g/mol. The third kappa shape index (κ3) is 5.03. The van der Waals surface area contributed by atoms with E-state index in [0.717, 1.165) is 17.9 Å². The predicted octanol–water partition coefficient (Wildman–Crippen LogP) is 2.15. The zero-order valence-corrected chi connectivity index (χ0v) is 15.2. The maximum atomic E-state index is 12.0. The molecule has 0 unspecified atom stereocenters. The van der Waals surface area contributed by atoms with Gasteiger partial charge in [-0.1, -0.05) is 17.7 Å². The van der Waals surface area contributed by atoms with Crippen LogP contribution in [0, 0.1) is 17.0 Å². The molecule has 0 heterocycles. The van der Waals surface area contributed by atoms with Crippen LogP contribution in [0.2, 0.25) is 0 Å². The number of hydrogen-bond donors (Lipinski definition) is 2. The van der Waals surface area contributed by atoms with Crippen molar-refractivity contribution in [1.82, 2.24) is 5.32 Å². The number of nitrogens with one attached hydrogen (secondary N) is 2. The molecule has 2 N–H and O–H groups in total. The van der Waals surface area contributed by atoms with Crippen LogP contribution >= 0.6 is 0 Å². The van der Waals surface area contributed by atoms with E-state index in [4.69, 9.17) is 0 Å². The standard InChI is InChI=1S/C17H19N3O5S/c1-12-3-5-13(6-4-12)17(21)19-10-9-18-15-8-7-14(20(22)23)11-16(15)26(2,24)25/h3-8,11,18H,9-10H2,1-2H3,(H,19,21). The fraction of sp³-hybridized carbons (Fsp3) is 0.235. The van der Waals surface area contributed by atoms with Crippen molar-refractivity contribution < 1.29 is 18.1 Å². The number of non-ortho nitro benzene ring substituents is 1. The van der Waals surface area contributed by atoms with E-state index in [1.165, 1.54) is 12.1 Å². The van der Waals surface area contributed by atoms with Gasteiger partial charge >= 0.3 is 0 Å². The number of nitro groups is 1. The van der Waals surface area contributed by atoms with Gasteiger partial charge in [0.15, 0.2) is 9.84 Å². The van der Waals surface area contributed by atoms with E-state index in [1.807, 2.05) is 19.1 Å². The van der Waals surface area contributed by atoms with Crippen LogP contribution in [0.15, 0.2) is 47.4 Å². The third-order valence-electron chi connectivity index (χ3n) is 3.62. The summed E-state index contributed by atoms with van der Waals surface area (Å²) in [5.41, 5.74) is 1.53. The highest BCUT2D eigenvalue weighted by Gasteiger charge is 2.18. The summed E-state index contributed by atoms with van der Waals surface area (Å²) in [6, 6.07) is 10.7. The van der Waals surface area contributed by atoms with Crippen LogP contribution in [-0.2, 0) is 9.84 Å². The molecule has 2 rings (SSSR count). The van der Waals surface area contributed by atoms with Gasteiger partial charge in [0.05, 0.1) is 15.5 Å². The normalized spacial score (nSPS) is 11.0. The van der Waals surface area contributed by atoms with Gasteiger partial charge in [0.1, 0.15) is 0 Å². The fourth-order valence-corrected chi connectivity index (χ4v) is 3.13. The zero-order valence-electron chi connectivity index (χ0n) is 14.4. The Morgan fingerprint density at radius 2 is 1.77 bits per heavy atom. The zero-order chi connectivity index (χ0) is 19.3. The number of aryl methyl sites for hydroxylation is 1. The summed E-state index contributed by atoms with van der Waals surface area (Å²) in [5.74, 6) is -0.237. The van der Waals surface area contributed by atoms with Gasteiger partial charge in [-0.3, -0.25) is 14.9 Å². The van der Waals surface area contributed by atoms with E-state index in [9.17, 15) is 23.3 Å². The van der Waals surface area contributed by atoms with Crippen LogP contribution in [0.5, 0.6) is 0 Å². The van der Waals surface area contributed by atoms with Gasteiger partial charge in [-0.15, -0.1) is 0 Å². The first-order valence-corrected chi connectivity index (χ1v) is 9.65. The quantitative estimate of drug-likeness (QED) is 0.434. The van der Waals surface area contributed by atoms with Gasteiger partial charge in [0.2, 0.25) is 0 Å². The molecule has 0 bridgehead atoms. The predicted molar refractivity (Wildman–Crippen MR) is 98.2 cm³/mol. The Kier molecular flexibility index (Phi) is 5.93. The van der Waals surface area contributed by atoms with E-state index >= 15 is 0 Å². The second-order valence-electron chi connectivity index (χ2n) is 5.76. The highest BCUT2D eigenvalue weighted by Crippen LogP contribution is 2.26. The molecule has 0 aliphatic carbocycles. The highest BCUT2D eigenvalue weighted by molar-refractivity contribution is 7.90. The van der Waals surface area contributed by atoms with Crippen molar-refractivity contribution in [3.8, 4) is 0 Å². The summed E-state index contributed by atoms with van der Waals surface area (Å²) in [5, 5.41) is 16.4. The Labute approximate surface area is 151 Å². The molecule has 0 aliphatic heterocycles. The summed E-state index contributed by atoms with van der Waals surface area (Å²) in [6.45, 7) is 2.44. The number of hydrogen-bond acceptors (Lipinski definition) is 6. The van der Waals surface area contributed by atoms with E-state index in [2.05, 4.69) is 10.6 Å². The van der Waals surface area contributed by atoms with Crippen molar-refractivity contribution in [3.63, 3.8) is 0 Å². The number of rotatable bonds is 7. The highest BCUT2D eigenvalue weighted by atomic mass is 32.2. The van der Waals surface area contributed by atoms with E-state index in [0.29, 0.717) is 5.56 Å². The molecule has 2 aromatic carbocycles.